The summed E-state index contributed by atoms with van der Waals surface area (Å²) in [7, 11) is 2.03. The Hall–Kier alpha value is -0.830. The topological polar surface area (TPSA) is 29.9 Å². The Morgan fingerprint density at radius 1 is 1.38 bits per heavy atom. The van der Waals surface area contributed by atoms with Gasteiger partial charge in [-0.3, -0.25) is 4.68 Å². The number of aryl methyl sites for hydroxylation is 2. The van der Waals surface area contributed by atoms with Crippen LogP contribution in [0.2, 0.25) is 0 Å². The van der Waals surface area contributed by atoms with Crippen LogP contribution < -0.4 is 5.32 Å². The maximum absolute atomic E-state index is 4.37. The minimum absolute atomic E-state index is 0.589. The van der Waals surface area contributed by atoms with Crippen molar-refractivity contribution in [2.45, 2.75) is 46.6 Å². The summed E-state index contributed by atoms with van der Waals surface area (Å²) in [6.07, 6.45) is 2.35. The van der Waals surface area contributed by atoms with E-state index in [-0.39, 0.29) is 0 Å². The largest absolute Gasteiger partial charge is 0.315 e. The van der Waals surface area contributed by atoms with E-state index in [1.807, 2.05) is 11.7 Å². The third-order valence-corrected chi connectivity index (χ3v) is 2.85. The summed E-state index contributed by atoms with van der Waals surface area (Å²) >= 11 is 0. The molecule has 0 aromatic carbocycles. The highest BCUT2D eigenvalue weighted by molar-refractivity contribution is 5.09. The highest BCUT2D eigenvalue weighted by atomic mass is 15.3. The predicted octanol–water partition coefficient (Wildman–Crippen LogP) is 2.30. The van der Waals surface area contributed by atoms with Crippen molar-refractivity contribution < 1.29 is 0 Å². The van der Waals surface area contributed by atoms with Gasteiger partial charge in [0.1, 0.15) is 0 Å². The number of nitrogens with one attached hydrogen (secondary N) is 1. The van der Waals surface area contributed by atoms with Crippen molar-refractivity contribution >= 4 is 0 Å². The number of hydrogen-bond acceptors (Lipinski definition) is 2. The zero-order valence-corrected chi connectivity index (χ0v) is 11.2. The van der Waals surface area contributed by atoms with E-state index >= 15 is 0 Å². The van der Waals surface area contributed by atoms with Gasteiger partial charge in [0, 0.05) is 18.8 Å². The minimum atomic E-state index is 0.589. The molecule has 16 heavy (non-hydrogen) atoms. The molecule has 3 heteroatoms. The van der Waals surface area contributed by atoms with Crippen LogP contribution in [-0.4, -0.2) is 22.4 Å². The van der Waals surface area contributed by atoms with Gasteiger partial charge in [0.15, 0.2) is 0 Å². The molecule has 0 fully saturated rings. The van der Waals surface area contributed by atoms with Gasteiger partial charge in [0.05, 0.1) is 5.69 Å². The molecule has 1 aromatic rings. The zero-order chi connectivity index (χ0) is 12.1. The number of rotatable bonds is 6. The van der Waals surface area contributed by atoms with Crippen LogP contribution in [0.4, 0.5) is 0 Å². The third kappa shape index (κ3) is 4.35. The first kappa shape index (κ1) is 13.2. The molecule has 0 saturated carbocycles. The number of hydrogen-bond donors (Lipinski definition) is 1. The lowest BCUT2D eigenvalue weighted by Gasteiger charge is -2.13. The Kier molecular flexibility index (Phi) is 5.00. The van der Waals surface area contributed by atoms with Gasteiger partial charge in [-0.1, -0.05) is 20.8 Å². The smallest absolute Gasteiger partial charge is 0.0596 e. The van der Waals surface area contributed by atoms with Gasteiger partial charge in [0.25, 0.3) is 0 Å². The standard InChI is InChI=1S/C13H25N3/c1-10(2)14-7-6-11(3)8-13-9-12(4)15-16(13)5/h9-11,14H,6-8H2,1-5H3. The average molecular weight is 223 g/mol. The number of nitrogens with zero attached hydrogens (tertiary/aromatic N) is 2. The molecule has 92 valence electrons. The molecule has 1 heterocycles. The second kappa shape index (κ2) is 6.04. The molecule has 1 atom stereocenters. The Bertz CT molecular complexity index is 315. The van der Waals surface area contributed by atoms with Crippen molar-refractivity contribution in [2.24, 2.45) is 13.0 Å². The first-order valence-corrected chi connectivity index (χ1v) is 6.22. The van der Waals surface area contributed by atoms with Gasteiger partial charge in [-0.2, -0.15) is 5.10 Å². The maximum Gasteiger partial charge on any atom is 0.0596 e. The predicted molar refractivity (Wildman–Crippen MR) is 68.6 cm³/mol. The van der Waals surface area contributed by atoms with Crippen molar-refractivity contribution in [2.75, 3.05) is 6.54 Å². The molecule has 1 rings (SSSR count). The molecule has 0 amide bonds. The molecule has 3 nitrogen and oxygen atoms in total. The lowest BCUT2D eigenvalue weighted by atomic mass is 10.0. The van der Waals surface area contributed by atoms with E-state index in [0.717, 1.165) is 18.7 Å². The summed E-state index contributed by atoms with van der Waals surface area (Å²) in [4.78, 5) is 0. The fourth-order valence-electron chi connectivity index (χ4n) is 1.93. The van der Waals surface area contributed by atoms with Crippen LogP contribution in [-0.2, 0) is 13.5 Å². The van der Waals surface area contributed by atoms with Crippen molar-refractivity contribution in [1.29, 1.82) is 0 Å². The first-order chi connectivity index (χ1) is 7.49. The highest BCUT2D eigenvalue weighted by Gasteiger charge is 2.08. The fourth-order valence-corrected chi connectivity index (χ4v) is 1.93. The molecule has 0 radical (unpaired) electrons. The normalized spacial score (nSPS) is 13.4. The SMILES string of the molecule is Cc1cc(CC(C)CCNC(C)C)n(C)n1. The Morgan fingerprint density at radius 3 is 2.56 bits per heavy atom. The number of aromatic nitrogens is 2. The van der Waals surface area contributed by atoms with E-state index in [4.69, 9.17) is 0 Å². The molecule has 0 aliphatic heterocycles. The molecule has 1 N–H and O–H groups in total. The van der Waals surface area contributed by atoms with Gasteiger partial charge in [-0.25, -0.2) is 0 Å². The lowest BCUT2D eigenvalue weighted by Crippen LogP contribution is -2.25. The second-order valence-corrected chi connectivity index (χ2v) is 5.11. The summed E-state index contributed by atoms with van der Waals surface area (Å²) in [5.74, 6) is 0.709. The molecule has 0 aliphatic rings. The van der Waals surface area contributed by atoms with Crippen molar-refractivity contribution in [3.05, 3.63) is 17.5 Å². The summed E-state index contributed by atoms with van der Waals surface area (Å²) in [5, 5.41) is 7.83. The minimum Gasteiger partial charge on any atom is -0.315 e. The summed E-state index contributed by atoms with van der Waals surface area (Å²) in [5.41, 5.74) is 2.46. The van der Waals surface area contributed by atoms with Crippen molar-refractivity contribution in [1.82, 2.24) is 15.1 Å². The van der Waals surface area contributed by atoms with E-state index in [2.05, 4.69) is 44.2 Å². The molecule has 0 saturated heterocycles. The second-order valence-electron chi connectivity index (χ2n) is 5.11. The summed E-state index contributed by atoms with van der Waals surface area (Å²) in [6.45, 7) is 9.85. The molecule has 1 aromatic heterocycles. The molecule has 0 bridgehead atoms. The third-order valence-electron chi connectivity index (χ3n) is 2.85. The van der Waals surface area contributed by atoms with E-state index in [1.165, 1.54) is 12.1 Å². The average Bonchev–Trinajstić information content (AvgIpc) is 2.44. The van der Waals surface area contributed by atoms with Gasteiger partial charge >= 0.3 is 0 Å². The molecule has 1 unspecified atom stereocenters. The van der Waals surface area contributed by atoms with Gasteiger partial charge in [-0.05, 0) is 38.3 Å². The Balaban J connectivity index is 2.34. The van der Waals surface area contributed by atoms with Crippen LogP contribution in [0.3, 0.4) is 0 Å². The summed E-state index contributed by atoms with van der Waals surface area (Å²) in [6, 6.07) is 2.78. The van der Waals surface area contributed by atoms with E-state index in [0.29, 0.717) is 12.0 Å². The van der Waals surface area contributed by atoms with E-state index in [9.17, 15) is 0 Å². The molecular formula is C13H25N3. The maximum atomic E-state index is 4.37. The molecule has 0 aliphatic carbocycles. The summed E-state index contributed by atoms with van der Waals surface area (Å²) < 4.78 is 2.00. The molecule has 0 spiro atoms. The lowest BCUT2D eigenvalue weighted by molar-refractivity contribution is 0.466. The van der Waals surface area contributed by atoms with E-state index in [1.54, 1.807) is 0 Å². The fraction of sp³-hybridized carbons (Fsp3) is 0.769. The van der Waals surface area contributed by atoms with Gasteiger partial charge in [-0.15, -0.1) is 0 Å². The van der Waals surface area contributed by atoms with Crippen LogP contribution in [0.25, 0.3) is 0 Å². The van der Waals surface area contributed by atoms with Gasteiger partial charge < -0.3 is 5.32 Å². The van der Waals surface area contributed by atoms with Crippen LogP contribution in [0, 0.1) is 12.8 Å². The van der Waals surface area contributed by atoms with E-state index < -0.39 is 0 Å². The Morgan fingerprint density at radius 2 is 2.06 bits per heavy atom. The highest BCUT2D eigenvalue weighted by Crippen LogP contribution is 2.12. The quantitative estimate of drug-likeness (QED) is 0.802. The van der Waals surface area contributed by atoms with Crippen LogP contribution in [0.5, 0.6) is 0 Å². The molecular weight excluding hydrogens is 198 g/mol. The van der Waals surface area contributed by atoms with Gasteiger partial charge in [0.2, 0.25) is 0 Å². The van der Waals surface area contributed by atoms with Crippen LogP contribution in [0.1, 0.15) is 38.6 Å². The van der Waals surface area contributed by atoms with Crippen molar-refractivity contribution in [3.8, 4) is 0 Å². The van der Waals surface area contributed by atoms with Crippen LogP contribution in [0.15, 0.2) is 6.07 Å². The van der Waals surface area contributed by atoms with Crippen molar-refractivity contribution in [3.63, 3.8) is 0 Å². The Labute approximate surface area is 99.2 Å². The zero-order valence-electron chi connectivity index (χ0n) is 11.2. The van der Waals surface area contributed by atoms with Crippen LogP contribution >= 0.6 is 0 Å². The first-order valence-electron chi connectivity index (χ1n) is 6.22. The monoisotopic (exact) mass is 223 g/mol.